The Kier molecular flexibility index (Phi) is 5.02. The molecule has 0 heterocycles. The van der Waals surface area contributed by atoms with Gasteiger partial charge in [0.05, 0.1) is 0 Å². The SMILES string of the molecule is CCNC(C)c1ccc(-c2c(C)cc(C)cc2F)cc1Cl. The summed E-state index contributed by atoms with van der Waals surface area (Å²) in [4.78, 5) is 0. The highest BCUT2D eigenvalue weighted by Crippen LogP contribution is 2.32. The molecule has 0 saturated carbocycles. The van der Waals surface area contributed by atoms with Crippen molar-refractivity contribution in [1.82, 2.24) is 5.32 Å². The largest absolute Gasteiger partial charge is 0.310 e. The van der Waals surface area contributed by atoms with Crippen molar-refractivity contribution in [3.8, 4) is 11.1 Å². The van der Waals surface area contributed by atoms with E-state index in [4.69, 9.17) is 11.6 Å². The van der Waals surface area contributed by atoms with Crippen LogP contribution in [0.1, 0.15) is 36.6 Å². The molecule has 2 aromatic rings. The quantitative estimate of drug-likeness (QED) is 0.794. The molecule has 0 radical (unpaired) electrons. The summed E-state index contributed by atoms with van der Waals surface area (Å²) in [5.41, 5.74) is 4.34. The van der Waals surface area contributed by atoms with Gasteiger partial charge in [-0.25, -0.2) is 4.39 Å². The number of benzene rings is 2. The molecule has 1 N–H and O–H groups in total. The van der Waals surface area contributed by atoms with Gasteiger partial charge in [-0.2, -0.15) is 0 Å². The molecule has 0 bridgehead atoms. The van der Waals surface area contributed by atoms with Gasteiger partial charge in [-0.15, -0.1) is 0 Å². The summed E-state index contributed by atoms with van der Waals surface area (Å²) in [5, 5.41) is 4.00. The molecule has 0 aliphatic carbocycles. The fourth-order valence-corrected chi connectivity index (χ4v) is 3.08. The molecule has 0 amide bonds. The summed E-state index contributed by atoms with van der Waals surface area (Å²) in [6, 6.07) is 9.50. The van der Waals surface area contributed by atoms with Crippen molar-refractivity contribution < 1.29 is 4.39 Å². The van der Waals surface area contributed by atoms with Crippen molar-refractivity contribution >= 4 is 11.6 Å². The first-order valence-corrected chi connectivity index (χ1v) is 7.61. The van der Waals surface area contributed by atoms with E-state index < -0.39 is 0 Å². The van der Waals surface area contributed by atoms with Crippen LogP contribution in [0.25, 0.3) is 11.1 Å². The number of nitrogens with one attached hydrogen (secondary N) is 1. The van der Waals surface area contributed by atoms with E-state index in [1.165, 1.54) is 0 Å². The third-order valence-electron chi connectivity index (χ3n) is 3.70. The lowest BCUT2D eigenvalue weighted by Gasteiger charge is -2.16. The minimum atomic E-state index is -0.198. The maximum atomic E-state index is 14.3. The van der Waals surface area contributed by atoms with Crippen LogP contribution in [0.4, 0.5) is 4.39 Å². The predicted octanol–water partition coefficient (Wildman–Crippen LogP) is 5.43. The van der Waals surface area contributed by atoms with Crippen LogP contribution in [0.3, 0.4) is 0 Å². The van der Waals surface area contributed by atoms with E-state index >= 15 is 0 Å². The Morgan fingerprint density at radius 1 is 1.19 bits per heavy atom. The number of hydrogen-bond acceptors (Lipinski definition) is 1. The molecular formula is C18H21ClFN. The van der Waals surface area contributed by atoms with Crippen LogP contribution in [-0.4, -0.2) is 6.54 Å². The normalized spacial score (nSPS) is 12.5. The Labute approximate surface area is 131 Å². The maximum Gasteiger partial charge on any atom is 0.131 e. The van der Waals surface area contributed by atoms with Gasteiger partial charge in [-0.3, -0.25) is 0 Å². The smallest absolute Gasteiger partial charge is 0.131 e. The first-order valence-electron chi connectivity index (χ1n) is 7.24. The minimum absolute atomic E-state index is 0.181. The topological polar surface area (TPSA) is 12.0 Å². The Hall–Kier alpha value is -1.38. The van der Waals surface area contributed by atoms with Crippen LogP contribution >= 0.6 is 11.6 Å². The zero-order valence-electron chi connectivity index (χ0n) is 12.9. The van der Waals surface area contributed by atoms with Crippen LogP contribution in [0, 0.1) is 19.7 Å². The first-order chi connectivity index (χ1) is 9.93. The van der Waals surface area contributed by atoms with Gasteiger partial charge < -0.3 is 5.32 Å². The highest BCUT2D eigenvalue weighted by atomic mass is 35.5. The summed E-state index contributed by atoms with van der Waals surface area (Å²) in [6.07, 6.45) is 0. The highest BCUT2D eigenvalue weighted by molar-refractivity contribution is 6.31. The molecule has 1 atom stereocenters. The van der Waals surface area contributed by atoms with Gasteiger partial charge in [0.2, 0.25) is 0 Å². The number of hydrogen-bond donors (Lipinski definition) is 1. The van der Waals surface area contributed by atoms with Gasteiger partial charge in [0.15, 0.2) is 0 Å². The summed E-state index contributed by atoms with van der Waals surface area (Å²) < 4.78 is 14.3. The van der Waals surface area contributed by atoms with Crippen molar-refractivity contribution in [2.24, 2.45) is 0 Å². The van der Waals surface area contributed by atoms with Gasteiger partial charge >= 0.3 is 0 Å². The molecule has 0 spiro atoms. The van der Waals surface area contributed by atoms with Crippen LogP contribution in [-0.2, 0) is 0 Å². The van der Waals surface area contributed by atoms with E-state index in [2.05, 4.69) is 19.2 Å². The lowest BCUT2D eigenvalue weighted by atomic mass is 9.96. The molecule has 0 aromatic heterocycles. The second kappa shape index (κ2) is 6.59. The van der Waals surface area contributed by atoms with E-state index in [9.17, 15) is 4.39 Å². The summed E-state index contributed by atoms with van der Waals surface area (Å²) >= 11 is 6.38. The van der Waals surface area contributed by atoms with Crippen molar-refractivity contribution in [2.75, 3.05) is 6.54 Å². The van der Waals surface area contributed by atoms with E-state index in [1.54, 1.807) is 6.07 Å². The van der Waals surface area contributed by atoms with Gasteiger partial charge in [0.25, 0.3) is 0 Å². The van der Waals surface area contributed by atoms with Crippen LogP contribution < -0.4 is 5.32 Å². The van der Waals surface area contributed by atoms with E-state index in [0.717, 1.165) is 28.8 Å². The summed E-state index contributed by atoms with van der Waals surface area (Å²) in [5.74, 6) is -0.198. The zero-order chi connectivity index (χ0) is 15.6. The van der Waals surface area contributed by atoms with Crippen molar-refractivity contribution in [2.45, 2.75) is 33.7 Å². The average molecular weight is 306 g/mol. The van der Waals surface area contributed by atoms with E-state index in [-0.39, 0.29) is 11.9 Å². The average Bonchev–Trinajstić information content (AvgIpc) is 2.37. The summed E-state index contributed by atoms with van der Waals surface area (Å²) in [6.45, 7) is 8.83. The van der Waals surface area contributed by atoms with Gasteiger partial charge in [-0.1, -0.05) is 36.7 Å². The van der Waals surface area contributed by atoms with Gasteiger partial charge in [-0.05, 0) is 61.7 Å². The molecule has 1 nitrogen and oxygen atoms in total. The lowest BCUT2D eigenvalue weighted by Crippen LogP contribution is -2.17. The standard InChI is InChI=1S/C18H21ClFN/c1-5-21-13(4)15-7-6-14(10-16(15)19)18-12(3)8-11(2)9-17(18)20/h6-10,13,21H,5H2,1-4H3. The second-order valence-corrected chi connectivity index (χ2v) is 5.86. The van der Waals surface area contributed by atoms with Crippen molar-refractivity contribution in [1.29, 1.82) is 0 Å². The molecule has 2 aromatic carbocycles. The molecule has 3 heteroatoms. The third-order valence-corrected chi connectivity index (χ3v) is 4.03. The molecule has 0 aliphatic heterocycles. The molecular weight excluding hydrogens is 285 g/mol. The Morgan fingerprint density at radius 2 is 1.90 bits per heavy atom. The Balaban J connectivity index is 2.46. The van der Waals surface area contributed by atoms with Crippen molar-refractivity contribution in [3.05, 3.63) is 57.9 Å². The van der Waals surface area contributed by atoms with Gasteiger partial charge in [0.1, 0.15) is 5.82 Å². The molecule has 2 rings (SSSR count). The van der Waals surface area contributed by atoms with Crippen LogP contribution in [0.2, 0.25) is 5.02 Å². The Morgan fingerprint density at radius 3 is 2.48 bits per heavy atom. The second-order valence-electron chi connectivity index (χ2n) is 5.45. The van der Waals surface area contributed by atoms with Gasteiger partial charge in [0, 0.05) is 16.6 Å². The monoisotopic (exact) mass is 305 g/mol. The molecule has 1 unspecified atom stereocenters. The molecule has 0 saturated heterocycles. The number of aryl methyl sites for hydroxylation is 2. The van der Waals surface area contributed by atoms with E-state index in [1.807, 2.05) is 38.1 Å². The van der Waals surface area contributed by atoms with Crippen LogP contribution in [0.15, 0.2) is 30.3 Å². The fraction of sp³-hybridized carbons (Fsp3) is 0.333. The number of rotatable bonds is 4. The maximum absolute atomic E-state index is 14.3. The lowest BCUT2D eigenvalue weighted by molar-refractivity contribution is 0.598. The molecule has 112 valence electrons. The minimum Gasteiger partial charge on any atom is -0.310 e. The zero-order valence-corrected chi connectivity index (χ0v) is 13.7. The number of halogens is 2. The molecule has 0 fully saturated rings. The predicted molar refractivity (Wildman–Crippen MR) is 88.4 cm³/mol. The van der Waals surface area contributed by atoms with Crippen molar-refractivity contribution in [3.63, 3.8) is 0 Å². The summed E-state index contributed by atoms with van der Waals surface area (Å²) in [7, 11) is 0. The Bertz CT molecular complexity index is 629. The first kappa shape index (κ1) is 16.0. The fourth-order valence-electron chi connectivity index (χ4n) is 2.73. The van der Waals surface area contributed by atoms with Crippen LogP contribution in [0.5, 0.6) is 0 Å². The highest BCUT2D eigenvalue weighted by Gasteiger charge is 2.13. The van der Waals surface area contributed by atoms with E-state index in [0.29, 0.717) is 10.6 Å². The molecule has 0 aliphatic rings. The molecule has 21 heavy (non-hydrogen) atoms. The third kappa shape index (κ3) is 3.45.